The number of benzene rings is 3. The Bertz CT molecular complexity index is 963. The van der Waals surface area contributed by atoms with Crippen LogP contribution >= 0.6 is 0 Å². The summed E-state index contributed by atoms with van der Waals surface area (Å²) >= 11 is 0. The average Bonchev–Trinajstić information content (AvgIpc) is 2.79. The molecule has 0 N–H and O–H groups in total. The molecule has 3 aromatic rings. The Hall–Kier alpha value is -1.59. The van der Waals surface area contributed by atoms with Gasteiger partial charge in [-0.3, -0.25) is 0 Å². The fraction of sp³-hybridized carbons (Fsp3) is 0.0952. The van der Waals surface area contributed by atoms with Gasteiger partial charge in [0, 0.05) is 31.6 Å². The van der Waals surface area contributed by atoms with Crippen LogP contribution in [0.1, 0.15) is 12.5 Å². The molecule has 0 aromatic heterocycles. The van der Waals surface area contributed by atoms with Gasteiger partial charge in [0.25, 0.3) is 0 Å². The van der Waals surface area contributed by atoms with Gasteiger partial charge in [0.1, 0.15) is 0 Å². The van der Waals surface area contributed by atoms with E-state index < -0.39 is 0 Å². The zero-order valence-corrected chi connectivity index (χ0v) is 15.1. The topological polar surface area (TPSA) is 0 Å². The fourth-order valence-electron chi connectivity index (χ4n) is 3.49. The van der Waals surface area contributed by atoms with Crippen LogP contribution in [0.5, 0.6) is 0 Å². The first-order chi connectivity index (χ1) is 10.2. The zero-order chi connectivity index (χ0) is 14.4. The molecular weight excluding hydrogens is 343 g/mol. The fourth-order valence-corrected chi connectivity index (χ4v) is 3.49. The minimum absolute atomic E-state index is 0. The van der Waals surface area contributed by atoms with Gasteiger partial charge in [-0.25, -0.2) is 6.92 Å². The van der Waals surface area contributed by atoms with Crippen molar-refractivity contribution < 1.29 is 26.2 Å². The summed E-state index contributed by atoms with van der Waals surface area (Å²) in [7, 11) is 0. The Morgan fingerprint density at radius 3 is 2.32 bits per heavy atom. The molecule has 0 radical (unpaired) electrons. The third-order valence-electron chi connectivity index (χ3n) is 4.71. The number of hydrogen-bond acceptors (Lipinski definition) is 0. The quantitative estimate of drug-likeness (QED) is 0.582. The van der Waals surface area contributed by atoms with Gasteiger partial charge >= 0.3 is 0 Å². The maximum Gasteiger partial charge on any atom is 0.00331 e. The molecule has 0 saturated heterocycles. The third kappa shape index (κ3) is 2.11. The van der Waals surface area contributed by atoms with Gasteiger partial charge in [-0.15, -0.1) is 11.3 Å². The molecule has 1 unspecified atom stereocenters. The van der Waals surface area contributed by atoms with E-state index in [0.717, 1.165) is 0 Å². The monoisotopic (exact) mass is 359 g/mol. The van der Waals surface area contributed by atoms with Crippen LogP contribution in [0.25, 0.3) is 22.4 Å². The van der Waals surface area contributed by atoms with Gasteiger partial charge < -0.3 is 0 Å². The Balaban J connectivity index is 0.00000144. The molecule has 1 aliphatic rings. The van der Waals surface area contributed by atoms with Crippen LogP contribution in [0.2, 0.25) is 0 Å². The predicted molar refractivity (Wildman–Crippen MR) is 90.2 cm³/mol. The summed E-state index contributed by atoms with van der Waals surface area (Å²) in [6.07, 6.45) is 2.35. The summed E-state index contributed by atoms with van der Waals surface area (Å²) in [6.45, 7) is 6.68. The number of fused-ring (bicyclic) bond motifs is 2. The van der Waals surface area contributed by atoms with Crippen molar-refractivity contribution in [3.8, 4) is 0 Å². The van der Waals surface area contributed by atoms with E-state index in [1.54, 1.807) is 0 Å². The van der Waals surface area contributed by atoms with E-state index in [0.29, 0.717) is 0 Å². The van der Waals surface area contributed by atoms with Gasteiger partial charge in [-0.1, -0.05) is 73.7 Å². The summed E-state index contributed by atoms with van der Waals surface area (Å²) in [5.74, 6) is 0. The van der Waals surface area contributed by atoms with Crippen molar-refractivity contribution in [1.82, 2.24) is 0 Å². The Morgan fingerprint density at radius 2 is 1.50 bits per heavy atom. The zero-order valence-electron chi connectivity index (χ0n) is 12.6. The summed E-state index contributed by atoms with van der Waals surface area (Å²) < 4.78 is 0. The molecule has 0 bridgehead atoms. The molecule has 0 aliphatic heterocycles. The van der Waals surface area contributed by atoms with E-state index in [4.69, 9.17) is 0 Å². The van der Waals surface area contributed by atoms with Crippen molar-refractivity contribution in [2.75, 3.05) is 0 Å². The molecule has 0 spiro atoms. The molecule has 0 fully saturated rings. The molecule has 3 aromatic carbocycles. The molecule has 1 atom stereocenters. The first-order valence-electron chi connectivity index (χ1n) is 7.33. The molecule has 0 nitrogen and oxygen atoms in total. The molecule has 0 heterocycles. The van der Waals surface area contributed by atoms with E-state index in [1.807, 2.05) is 0 Å². The van der Waals surface area contributed by atoms with Gasteiger partial charge in [0.2, 0.25) is 0 Å². The summed E-state index contributed by atoms with van der Waals surface area (Å²) in [4.78, 5) is 0. The van der Waals surface area contributed by atoms with Crippen molar-refractivity contribution in [1.29, 1.82) is 0 Å². The van der Waals surface area contributed by atoms with Crippen LogP contribution in [0.15, 0.2) is 66.7 Å². The molecule has 1 heteroatoms. The SMILES string of the molecule is [CH2-]C1=c2ccccc2=CC1(C)c1cccc2ccccc12.[Zr]. The number of rotatable bonds is 1. The van der Waals surface area contributed by atoms with Gasteiger partial charge in [0.15, 0.2) is 0 Å². The molecule has 0 amide bonds. The van der Waals surface area contributed by atoms with Crippen molar-refractivity contribution >= 4 is 22.4 Å². The minimum atomic E-state index is -0.134. The summed E-state index contributed by atoms with van der Waals surface area (Å²) in [5.41, 5.74) is 2.39. The predicted octanol–water partition coefficient (Wildman–Crippen LogP) is 3.57. The van der Waals surface area contributed by atoms with Crippen LogP contribution in [-0.4, -0.2) is 0 Å². The first kappa shape index (κ1) is 15.3. The maximum absolute atomic E-state index is 4.40. The largest absolute Gasteiger partial charge is 0.240 e. The van der Waals surface area contributed by atoms with E-state index in [1.165, 1.54) is 32.3 Å². The van der Waals surface area contributed by atoms with Crippen molar-refractivity contribution in [2.24, 2.45) is 0 Å². The average molecular weight is 361 g/mol. The summed E-state index contributed by atoms with van der Waals surface area (Å²) in [5, 5.41) is 5.16. The van der Waals surface area contributed by atoms with Crippen molar-refractivity contribution in [2.45, 2.75) is 12.3 Å². The van der Waals surface area contributed by atoms with E-state index >= 15 is 0 Å². The second kappa shape index (κ2) is 5.56. The standard InChI is InChI=1S/C21H17.Zr/c1-15-18-11-5-4-9-17(18)14-21(15,2)20-13-7-10-16-8-3-6-12-19(16)20;/h3-14H,1H2,2H3;/q-1;. The van der Waals surface area contributed by atoms with Gasteiger partial charge in [-0.05, 0) is 16.3 Å². The third-order valence-corrected chi connectivity index (χ3v) is 4.71. The Morgan fingerprint density at radius 1 is 0.818 bits per heavy atom. The van der Waals surface area contributed by atoms with Gasteiger partial charge in [0.05, 0.1) is 0 Å². The molecule has 22 heavy (non-hydrogen) atoms. The van der Waals surface area contributed by atoms with Crippen LogP contribution in [-0.2, 0) is 31.6 Å². The second-order valence-electron chi connectivity index (χ2n) is 5.94. The van der Waals surface area contributed by atoms with Crippen molar-refractivity contribution in [3.63, 3.8) is 0 Å². The molecule has 4 rings (SSSR count). The van der Waals surface area contributed by atoms with Gasteiger partial charge in [-0.2, -0.15) is 10.8 Å². The van der Waals surface area contributed by atoms with E-state index in [9.17, 15) is 0 Å². The Labute approximate surface area is 150 Å². The van der Waals surface area contributed by atoms with Crippen molar-refractivity contribution in [3.05, 3.63) is 89.7 Å². The number of hydrogen-bond donors (Lipinski definition) is 0. The van der Waals surface area contributed by atoms with Crippen LogP contribution in [0, 0.1) is 6.92 Å². The van der Waals surface area contributed by atoms with Crippen LogP contribution < -0.4 is 10.4 Å². The van der Waals surface area contributed by atoms with Crippen LogP contribution in [0.3, 0.4) is 0 Å². The molecule has 106 valence electrons. The summed E-state index contributed by atoms with van der Waals surface area (Å²) in [6, 6.07) is 23.7. The first-order valence-corrected chi connectivity index (χ1v) is 7.33. The second-order valence-corrected chi connectivity index (χ2v) is 5.94. The Kier molecular flexibility index (Phi) is 3.87. The molecular formula is C21H17Zr-. The molecule has 0 saturated carbocycles. The smallest absolute Gasteiger partial charge is 0.00331 e. The maximum atomic E-state index is 4.40. The minimum Gasteiger partial charge on any atom is -0.240 e. The molecule has 1 aliphatic carbocycles. The van der Waals surface area contributed by atoms with Crippen LogP contribution in [0.4, 0.5) is 0 Å². The van der Waals surface area contributed by atoms with E-state index in [-0.39, 0.29) is 31.6 Å². The van der Waals surface area contributed by atoms with E-state index in [2.05, 4.69) is 86.7 Å². The normalized spacial score (nSPS) is 19.4.